The summed E-state index contributed by atoms with van der Waals surface area (Å²) in [5.41, 5.74) is 1.07. The van der Waals surface area contributed by atoms with Crippen molar-refractivity contribution in [3.63, 3.8) is 0 Å². The van der Waals surface area contributed by atoms with Gasteiger partial charge in [0.25, 0.3) is 0 Å². The van der Waals surface area contributed by atoms with Gasteiger partial charge in [-0.3, -0.25) is 0 Å². The summed E-state index contributed by atoms with van der Waals surface area (Å²) in [4.78, 5) is 0. The molecule has 0 saturated carbocycles. The maximum atomic E-state index is 5.43. The highest BCUT2D eigenvalue weighted by Crippen LogP contribution is 2.34. The molecule has 0 aliphatic carbocycles. The quantitative estimate of drug-likeness (QED) is 0.747. The van der Waals surface area contributed by atoms with E-state index in [2.05, 4.69) is 6.92 Å². The third-order valence-electron chi connectivity index (χ3n) is 2.25. The molecule has 0 unspecified atom stereocenters. The first kappa shape index (κ1) is 11.7. The van der Waals surface area contributed by atoms with Gasteiger partial charge < -0.3 is 14.2 Å². The largest absolute Gasteiger partial charge is 0.496 e. The molecular formula is C12H18O3. The van der Waals surface area contributed by atoms with Crippen LogP contribution in [0.25, 0.3) is 0 Å². The molecule has 1 rings (SSSR count). The van der Waals surface area contributed by atoms with Crippen molar-refractivity contribution in [2.24, 2.45) is 0 Å². The Morgan fingerprint density at radius 3 is 1.87 bits per heavy atom. The molecule has 0 aliphatic rings. The zero-order valence-corrected chi connectivity index (χ0v) is 9.79. The first-order valence-electron chi connectivity index (χ1n) is 5.14. The highest BCUT2D eigenvalue weighted by atomic mass is 16.5. The zero-order valence-electron chi connectivity index (χ0n) is 9.79. The van der Waals surface area contributed by atoms with Crippen LogP contribution in [0.5, 0.6) is 17.2 Å². The Morgan fingerprint density at radius 1 is 1.00 bits per heavy atom. The summed E-state index contributed by atoms with van der Waals surface area (Å²) >= 11 is 0. The smallest absolute Gasteiger partial charge is 0.129 e. The summed E-state index contributed by atoms with van der Waals surface area (Å²) in [7, 11) is 3.31. The second kappa shape index (κ2) is 5.49. The van der Waals surface area contributed by atoms with Crippen LogP contribution < -0.4 is 14.2 Å². The van der Waals surface area contributed by atoms with Gasteiger partial charge >= 0.3 is 0 Å². The van der Waals surface area contributed by atoms with Crippen molar-refractivity contribution in [1.82, 2.24) is 0 Å². The molecule has 3 nitrogen and oxygen atoms in total. The van der Waals surface area contributed by atoms with Crippen LogP contribution in [0.15, 0.2) is 12.1 Å². The Kier molecular flexibility index (Phi) is 4.28. The zero-order chi connectivity index (χ0) is 11.3. The fraction of sp³-hybridized carbons (Fsp3) is 0.500. The van der Waals surface area contributed by atoms with Gasteiger partial charge in [0.2, 0.25) is 0 Å². The molecule has 0 N–H and O–H groups in total. The van der Waals surface area contributed by atoms with Crippen molar-refractivity contribution in [3.05, 3.63) is 17.7 Å². The van der Waals surface area contributed by atoms with Gasteiger partial charge in [0, 0.05) is 17.7 Å². The second-order valence-electron chi connectivity index (χ2n) is 3.09. The first-order valence-corrected chi connectivity index (χ1v) is 5.14. The van der Waals surface area contributed by atoms with E-state index >= 15 is 0 Å². The molecule has 15 heavy (non-hydrogen) atoms. The fourth-order valence-corrected chi connectivity index (χ4v) is 1.56. The standard InChI is InChI=1S/C12H18O3/c1-5-10-11(13-3)7-9(15-6-2)8-12(10)14-4/h7-8H,5-6H2,1-4H3. The predicted molar refractivity (Wildman–Crippen MR) is 60.1 cm³/mol. The van der Waals surface area contributed by atoms with Gasteiger partial charge in [0.1, 0.15) is 17.2 Å². The molecule has 0 bridgehead atoms. The number of methoxy groups -OCH3 is 2. The van der Waals surface area contributed by atoms with Crippen LogP contribution in [0.2, 0.25) is 0 Å². The van der Waals surface area contributed by atoms with Crippen LogP contribution in [0.1, 0.15) is 19.4 Å². The minimum Gasteiger partial charge on any atom is -0.496 e. The predicted octanol–water partition coefficient (Wildman–Crippen LogP) is 2.66. The first-order chi connectivity index (χ1) is 7.26. The molecule has 3 heteroatoms. The SMILES string of the molecule is CCOc1cc(OC)c(CC)c(OC)c1. The Labute approximate surface area is 91.0 Å². The molecule has 0 spiro atoms. The Hall–Kier alpha value is -1.38. The molecule has 0 saturated heterocycles. The lowest BCUT2D eigenvalue weighted by Gasteiger charge is -2.14. The van der Waals surface area contributed by atoms with E-state index in [0.717, 1.165) is 29.2 Å². The molecular weight excluding hydrogens is 192 g/mol. The average molecular weight is 210 g/mol. The van der Waals surface area contributed by atoms with Crippen LogP contribution in [0.3, 0.4) is 0 Å². The summed E-state index contributed by atoms with van der Waals surface area (Å²) in [5, 5.41) is 0. The van der Waals surface area contributed by atoms with Gasteiger partial charge in [0.05, 0.1) is 20.8 Å². The number of ether oxygens (including phenoxy) is 3. The van der Waals surface area contributed by atoms with Crippen molar-refractivity contribution in [3.8, 4) is 17.2 Å². The van der Waals surface area contributed by atoms with E-state index in [0.29, 0.717) is 6.61 Å². The molecule has 0 radical (unpaired) electrons. The Balaban J connectivity index is 3.16. The van der Waals surface area contributed by atoms with E-state index in [-0.39, 0.29) is 0 Å². The van der Waals surface area contributed by atoms with Crippen LogP contribution >= 0.6 is 0 Å². The molecule has 84 valence electrons. The maximum Gasteiger partial charge on any atom is 0.129 e. The molecule has 0 heterocycles. The van der Waals surface area contributed by atoms with Crippen LogP contribution in [0.4, 0.5) is 0 Å². The lowest BCUT2D eigenvalue weighted by Crippen LogP contribution is -1.98. The lowest BCUT2D eigenvalue weighted by molar-refractivity contribution is 0.329. The van der Waals surface area contributed by atoms with Crippen molar-refractivity contribution < 1.29 is 14.2 Å². The van der Waals surface area contributed by atoms with Crippen LogP contribution in [-0.2, 0) is 6.42 Å². The molecule has 0 atom stereocenters. The molecule has 0 fully saturated rings. The van der Waals surface area contributed by atoms with E-state index in [1.165, 1.54) is 0 Å². The molecule has 0 amide bonds. The van der Waals surface area contributed by atoms with Crippen LogP contribution in [-0.4, -0.2) is 20.8 Å². The topological polar surface area (TPSA) is 27.7 Å². The summed E-state index contributed by atoms with van der Waals surface area (Å²) < 4.78 is 16.0. The summed E-state index contributed by atoms with van der Waals surface area (Å²) in [6.45, 7) is 4.66. The number of benzene rings is 1. The van der Waals surface area contributed by atoms with Gasteiger partial charge in [-0.15, -0.1) is 0 Å². The van der Waals surface area contributed by atoms with Gasteiger partial charge in [-0.2, -0.15) is 0 Å². The van der Waals surface area contributed by atoms with Crippen molar-refractivity contribution >= 4 is 0 Å². The third kappa shape index (κ3) is 2.55. The van der Waals surface area contributed by atoms with Crippen molar-refractivity contribution in [2.75, 3.05) is 20.8 Å². The number of hydrogen-bond donors (Lipinski definition) is 0. The second-order valence-corrected chi connectivity index (χ2v) is 3.09. The van der Waals surface area contributed by atoms with Crippen LogP contribution in [0, 0.1) is 0 Å². The maximum absolute atomic E-state index is 5.43. The monoisotopic (exact) mass is 210 g/mol. The molecule has 0 aliphatic heterocycles. The minimum atomic E-state index is 0.637. The molecule has 1 aromatic carbocycles. The van der Waals surface area contributed by atoms with Gasteiger partial charge in [-0.1, -0.05) is 6.92 Å². The number of hydrogen-bond acceptors (Lipinski definition) is 3. The molecule has 0 aromatic heterocycles. The van der Waals surface area contributed by atoms with Crippen molar-refractivity contribution in [2.45, 2.75) is 20.3 Å². The fourth-order valence-electron chi connectivity index (χ4n) is 1.56. The van der Waals surface area contributed by atoms with Gasteiger partial charge in [0.15, 0.2) is 0 Å². The highest BCUT2D eigenvalue weighted by molar-refractivity contribution is 5.50. The third-order valence-corrected chi connectivity index (χ3v) is 2.25. The van der Waals surface area contributed by atoms with E-state index in [1.807, 2.05) is 19.1 Å². The summed E-state index contributed by atoms with van der Waals surface area (Å²) in [6, 6.07) is 3.79. The van der Waals surface area contributed by atoms with E-state index in [1.54, 1.807) is 14.2 Å². The van der Waals surface area contributed by atoms with Crippen molar-refractivity contribution in [1.29, 1.82) is 0 Å². The number of rotatable bonds is 5. The summed E-state index contributed by atoms with van der Waals surface area (Å²) in [5.74, 6) is 2.42. The highest BCUT2D eigenvalue weighted by Gasteiger charge is 2.10. The normalized spacial score (nSPS) is 9.87. The lowest BCUT2D eigenvalue weighted by atomic mass is 10.1. The molecule has 1 aromatic rings. The average Bonchev–Trinajstić information content (AvgIpc) is 2.28. The van der Waals surface area contributed by atoms with Gasteiger partial charge in [-0.25, -0.2) is 0 Å². The van der Waals surface area contributed by atoms with E-state index in [4.69, 9.17) is 14.2 Å². The van der Waals surface area contributed by atoms with E-state index < -0.39 is 0 Å². The minimum absolute atomic E-state index is 0.637. The Bertz CT molecular complexity index is 296. The van der Waals surface area contributed by atoms with E-state index in [9.17, 15) is 0 Å². The summed E-state index contributed by atoms with van der Waals surface area (Å²) in [6.07, 6.45) is 0.874. The Morgan fingerprint density at radius 2 is 1.53 bits per heavy atom. The van der Waals surface area contributed by atoms with Gasteiger partial charge in [-0.05, 0) is 13.3 Å².